The van der Waals surface area contributed by atoms with Crippen LogP contribution in [0, 0.1) is 0 Å². The molecule has 0 radical (unpaired) electrons. The van der Waals surface area contributed by atoms with Crippen LogP contribution in [0.15, 0.2) is 12.1 Å². The largest absolute Gasteiger partial charge is 0.504 e. The van der Waals surface area contributed by atoms with E-state index in [1.807, 2.05) is 0 Å². The van der Waals surface area contributed by atoms with Crippen LogP contribution in [-0.2, 0) is 6.42 Å². The molecule has 0 amide bonds. The highest BCUT2D eigenvalue weighted by Gasteiger charge is 2.13. The lowest BCUT2D eigenvalue weighted by atomic mass is 10.1. The van der Waals surface area contributed by atoms with Crippen molar-refractivity contribution in [1.82, 2.24) is 0 Å². The van der Waals surface area contributed by atoms with Gasteiger partial charge in [-0.05, 0) is 17.7 Å². The van der Waals surface area contributed by atoms with Crippen molar-refractivity contribution in [2.45, 2.75) is 12.5 Å². The molecule has 5 nitrogen and oxygen atoms in total. The second-order valence-corrected chi connectivity index (χ2v) is 3.39. The lowest BCUT2D eigenvalue weighted by Gasteiger charge is -2.13. The molecule has 1 unspecified atom stereocenters. The maximum Gasteiger partial charge on any atom is 0.203 e. The Kier molecular flexibility index (Phi) is 4.39. The summed E-state index contributed by atoms with van der Waals surface area (Å²) in [5.41, 5.74) is 0.664. The first-order valence-corrected chi connectivity index (χ1v) is 4.85. The quantitative estimate of drug-likeness (QED) is 0.675. The third-order valence-electron chi connectivity index (χ3n) is 2.20. The fourth-order valence-corrected chi connectivity index (χ4v) is 1.45. The number of methoxy groups -OCH3 is 2. The van der Waals surface area contributed by atoms with E-state index in [0.717, 1.165) is 0 Å². The van der Waals surface area contributed by atoms with E-state index in [2.05, 4.69) is 0 Å². The van der Waals surface area contributed by atoms with E-state index in [9.17, 15) is 10.2 Å². The highest BCUT2D eigenvalue weighted by atomic mass is 16.5. The minimum absolute atomic E-state index is 0.0537. The molecule has 0 aliphatic heterocycles. The van der Waals surface area contributed by atoms with Gasteiger partial charge >= 0.3 is 0 Å². The van der Waals surface area contributed by atoms with Crippen LogP contribution in [0.2, 0.25) is 0 Å². The molecule has 16 heavy (non-hydrogen) atoms. The average Bonchev–Trinajstić information content (AvgIpc) is 2.28. The van der Waals surface area contributed by atoms with Crippen LogP contribution in [0.3, 0.4) is 0 Å². The number of aliphatic hydroxyl groups is 2. The summed E-state index contributed by atoms with van der Waals surface area (Å²) in [5.74, 6) is 0.592. The SMILES string of the molecule is COc1cc(CC(O)CO)cc(O)c1OC. The molecule has 90 valence electrons. The number of aromatic hydroxyl groups is 1. The monoisotopic (exact) mass is 228 g/mol. The zero-order valence-corrected chi connectivity index (χ0v) is 9.30. The zero-order chi connectivity index (χ0) is 12.1. The molecule has 0 bridgehead atoms. The Morgan fingerprint density at radius 2 is 1.94 bits per heavy atom. The molecule has 0 aliphatic carbocycles. The van der Waals surface area contributed by atoms with Gasteiger partial charge in [0, 0.05) is 6.42 Å². The van der Waals surface area contributed by atoms with Crippen LogP contribution < -0.4 is 9.47 Å². The van der Waals surface area contributed by atoms with Crippen molar-refractivity contribution in [2.24, 2.45) is 0 Å². The number of phenols is 1. The van der Waals surface area contributed by atoms with Crippen molar-refractivity contribution < 1.29 is 24.8 Å². The highest BCUT2D eigenvalue weighted by Crippen LogP contribution is 2.37. The van der Waals surface area contributed by atoms with Crippen LogP contribution in [0.4, 0.5) is 0 Å². The maximum atomic E-state index is 9.64. The van der Waals surface area contributed by atoms with E-state index < -0.39 is 6.10 Å². The minimum atomic E-state index is -0.850. The Balaban J connectivity index is 3.00. The van der Waals surface area contributed by atoms with Crippen LogP contribution >= 0.6 is 0 Å². The van der Waals surface area contributed by atoms with E-state index in [1.54, 1.807) is 6.07 Å². The van der Waals surface area contributed by atoms with Crippen molar-refractivity contribution in [2.75, 3.05) is 20.8 Å². The number of aliphatic hydroxyl groups excluding tert-OH is 2. The van der Waals surface area contributed by atoms with Gasteiger partial charge in [-0.3, -0.25) is 0 Å². The van der Waals surface area contributed by atoms with Gasteiger partial charge in [0.2, 0.25) is 5.75 Å². The van der Waals surface area contributed by atoms with E-state index in [1.165, 1.54) is 20.3 Å². The topological polar surface area (TPSA) is 79.2 Å². The molecular weight excluding hydrogens is 212 g/mol. The van der Waals surface area contributed by atoms with Crippen molar-refractivity contribution in [3.8, 4) is 17.2 Å². The molecule has 1 aromatic rings. The fourth-order valence-electron chi connectivity index (χ4n) is 1.45. The predicted molar refractivity (Wildman–Crippen MR) is 58.0 cm³/mol. The summed E-state index contributed by atoms with van der Waals surface area (Å²) in [7, 11) is 2.89. The van der Waals surface area contributed by atoms with Crippen molar-refractivity contribution in [3.05, 3.63) is 17.7 Å². The van der Waals surface area contributed by atoms with Gasteiger partial charge in [0.1, 0.15) is 0 Å². The molecule has 5 heteroatoms. The third-order valence-corrected chi connectivity index (χ3v) is 2.20. The lowest BCUT2D eigenvalue weighted by Crippen LogP contribution is -2.15. The van der Waals surface area contributed by atoms with Crippen LogP contribution in [0.25, 0.3) is 0 Å². The van der Waals surface area contributed by atoms with E-state index in [4.69, 9.17) is 14.6 Å². The molecule has 0 fully saturated rings. The van der Waals surface area contributed by atoms with Gasteiger partial charge in [0.25, 0.3) is 0 Å². The Labute approximate surface area is 93.9 Å². The summed E-state index contributed by atoms with van der Waals surface area (Å²) in [4.78, 5) is 0. The molecule has 1 atom stereocenters. The molecule has 1 rings (SSSR count). The Bertz CT molecular complexity index is 350. The standard InChI is InChI=1S/C11H16O5/c1-15-10-5-7(3-8(13)6-12)4-9(14)11(10)16-2/h4-5,8,12-14H,3,6H2,1-2H3. The Morgan fingerprint density at radius 1 is 1.25 bits per heavy atom. The van der Waals surface area contributed by atoms with Gasteiger partial charge < -0.3 is 24.8 Å². The second-order valence-electron chi connectivity index (χ2n) is 3.39. The molecule has 0 spiro atoms. The van der Waals surface area contributed by atoms with Crippen LogP contribution in [0.1, 0.15) is 5.56 Å². The average molecular weight is 228 g/mol. The number of ether oxygens (including phenoxy) is 2. The zero-order valence-electron chi connectivity index (χ0n) is 9.30. The van der Waals surface area contributed by atoms with E-state index in [-0.39, 0.29) is 24.5 Å². The minimum Gasteiger partial charge on any atom is -0.504 e. The molecule has 0 aliphatic rings. The molecule has 0 aromatic heterocycles. The number of benzene rings is 1. The van der Waals surface area contributed by atoms with Crippen molar-refractivity contribution in [3.63, 3.8) is 0 Å². The normalized spacial score (nSPS) is 12.2. The van der Waals surface area contributed by atoms with Gasteiger partial charge in [-0.15, -0.1) is 0 Å². The summed E-state index contributed by atoms with van der Waals surface area (Å²) in [6.07, 6.45) is -0.609. The van der Waals surface area contributed by atoms with E-state index >= 15 is 0 Å². The predicted octanol–water partition coefficient (Wildman–Crippen LogP) is 0.305. The van der Waals surface area contributed by atoms with Crippen molar-refractivity contribution >= 4 is 0 Å². The Hall–Kier alpha value is -1.46. The third kappa shape index (κ3) is 2.77. The van der Waals surface area contributed by atoms with Gasteiger partial charge in [-0.2, -0.15) is 0 Å². The molecule has 0 saturated carbocycles. The fraction of sp³-hybridized carbons (Fsp3) is 0.455. The molecular formula is C11H16O5. The summed E-state index contributed by atoms with van der Waals surface area (Å²) in [6.45, 7) is -0.324. The second kappa shape index (κ2) is 5.58. The molecule has 0 saturated heterocycles. The lowest BCUT2D eigenvalue weighted by molar-refractivity contribution is 0.0954. The van der Waals surface area contributed by atoms with Crippen LogP contribution in [0.5, 0.6) is 17.2 Å². The number of hydrogen-bond acceptors (Lipinski definition) is 5. The first kappa shape index (κ1) is 12.6. The summed E-state index contributed by atoms with van der Waals surface area (Å²) in [6, 6.07) is 3.12. The molecule has 0 heterocycles. The summed E-state index contributed by atoms with van der Waals surface area (Å²) >= 11 is 0. The summed E-state index contributed by atoms with van der Waals surface area (Å²) < 4.78 is 10.0. The highest BCUT2D eigenvalue weighted by molar-refractivity contribution is 5.53. The molecule has 3 N–H and O–H groups in total. The first-order valence-electron chi connectivity index (χ1n) is 4.85. The van der Waals surface area contributed by atoms with Gasteiger partial charge in [0.15, 0.2) is 11.5 Å². The number of hydrogen-bond donors (Lipinski definition) is 3. The Morgan fingerprint density at radius 3 is 2.44 bits per heavy atom. The van der Waals surface area contributed by atoms with E-state index in [0.29, 0.717) is 11.3 Å². The van der Waals surface area contributed by atoms with Crippen molar-refractivity contribution in [1.29, 1.82) is 0 Å². The first-order chi connectivity index (χ1) is 7.62. The smallest absolute Gasteiger partial charge is 0.203 e. The number of phenolic OH excluding ortho intramolecular Hbond substituents is 1. The van der Waals surface area contributed by atoms with Gasteiger partial charge in [-0.25, -0.2) is 0 Å². The number of rotatable bonds is 5. The van der Waals surface area contributed by atoms with Gasteiger partial charge in [-0.1, -0.05) is 0 Å². The summed E-state index contributed by atoms with van der Waals surface area (Å²) in [5, 5.41) is 27.7. The van der Waals surface area contributed by atoms with Gasteiger partial charge in [0.05, 0.1) is 26.9 Å². The van der Waals surface area contributed by atoms with Crippen LogP contribution in [-0.4, -0.2) is 42.3 Å². The maximum absolute atomic E-state index is 9.64. The molecule has 1 aromatic carbocycles.